The summed E-state index contributed by atoms with van der Waals surface area (Å²) in [5.74, 6) is -3.47. The van der Waals surface area contributed by atoms with E-state index in [0.717, 1.165) is 56.4 Å². The fourth-order valence-electron chi connectivity index (χ4n) is 6.64. The lowest BCUT2D eigenvalue weighted by atomic mass is 9.57. The molecule has 7 rings (SSSR count). The standard InChI is InChI=1S/C27H32F3N5O5.CH2O2/c1-38-25-19(10-15-11-21(40-33-15)26-2-5-27(31,6-3-26)7-4-26)39-20(13-36)24(37)23(25)35-12-18(32-34-35)14-8-16(28)22(30)17(29)9-14;2-1-3/h8-9,11-12,19-20,23-25,36-37H,2-7,10,13,31H2,1H3;1H,(H,2,3)/t19-,20-,23+,24+,25+,26?,27?;/m1./s1. The summed E-state index contributed by atoms with van der Waals surface area (Å²) in [6.07, 6.45) is 3.71. The topological polar surface area (TPSA) is 179 Å². The Labute approximate surface area is 244 Å². The highest BCUT2D eigenvalue weighted by atomic mass is 19.2. The van der Waals surface area contributed by atoms with Crippen LogP contribution in [-0.4, -0.2) is 85.6 Å². The molecule has 2 aromatic heterocycles. The van der Waals surface area contributed by atoms with E-state index in [2.05, 4.69) is 15.5 Å². The summed E-state index contributed by atoms with van der Waals surface area (Å²) in [5, 5.41) is 40.3. The van der Waals surface area contributed by atoms with Gasteiger partial charge in [0.2, 0.25) is 0 Å². The summed E-state index contributed by atoms with van der Waals surface area (Å²) < 4.78 is 60.0. The van der Waals surface area contributed by atoms with Crippen molar-refractivity contribution in [3.63, 3.8) is 0 Å². The van der Waals surface area contributed by atoms with Crippen LogP contribution in [0.2, 0.25) is 0 Å². The summed E-state index contributed by atoms with van der Waals surface area (Å²) in [5.41, 5.74) is 7.01. The van der Waals surface area contributed by atoms with Crippen molar-refractivity contribution >= 4 is 6.47 Å². The second-order valence-corrected chi connectivity index (χ2v) is 11.5. The summed E-state index contributed by atoms with van der Waals surface area (Å²) in [7, 11) is 1.46. The Morgan fingerprint density at radius 2 is 1.74 bits per heavy atom. The first-order valence-corrected chi connectivity index (χ1v) is 13.9. The first-order valence-electron chi connectivity index (χ1n) is 13.9. The molecule has 234 valence electrons. The van der Waals surface area contributed by atoms with E-state index in [9.17, 15) is 23.4 Å². The van der Waals surface area contributed by atoms with Gasteiger partial charge in [-0.15, -0.1) is 5.10 Å². The van der Waals surface area contributed by atoms with E-state index < -0.39 is 54.5 Å². The summed E-state index contributed by atoms with van der Waals surface area (Å²) in [4.78, 5) is 8.36. The fraction of sp³-hybridized carbons (Fsp3) is 0.571. The number of aliphatic hydroxyl groups excluding tert-OH is 2. The zero-order chi connectivity index (χ0) is 30.9. The predicted molar refractivity (Wildman–Crippen MR) is 142 cm³/mol. The number of halogens is 3. The molecule has 4 fully saturated rings. The molecule has 5 atom stereocenters. The first kappa shape index (κ1) is 31.1. The Morgan fingerprint density at radius 3 is 2.33 bits per heavy atom. The van der Waals surface area contributed by atoms with Crippen LogP contribution in [0.25, 0.3) is 11.3 Å². The minimum absolute atomic E-state index is 0.0276. The van der Waals surface area contributed by atoms with E-state index in [-0.39, 0.29) is 35.1 Å². The van der Waals surface area contributed by atoms with Gasteiger partial charge in [0.1, 0.15) is 35.8 Å². The number of nitrogens with zero attached hydrogens (tertiary/aromatic N) is 4. The second kappa shape index (κ2) is 12.3. The van der Waals surface area contributed by atoms with Crippen LogP contribution in [-0.2, 0) is 26.1 Å². The van der Waals surface area contributed by atoms with E-state index in [1.54, 1.807) is 0 Å². The minimum atomic E-state index is -1.58. The molecule has 12 nitrogen and oxygen atoms in total. The van der Waals surface area contributed by atoms with Crippen molar-refractivity contribution in [1.29, 1.82) is 0 Å². The van der Waals surface area contributed by atoms with Crippen LogP contribution in [0.4, 0.5) is 13.2 Å². The molecule has 0 spiro atoms. The monoisotopic (exact) mass is 609 g/mol. The summed E-state index contributed by atoms with van der Waals surface area (Å²) in [6.45, 7) is -0.728. The lowest BCUT2D eigenvalue weighted by Gasteiger charge is -2.50. The third kappa shape index (κ3) is 5.91. The zero-order valence-corrected chi connectivity index (χ0v) is 23.4. The normalized spacial score (nSPS) is 31.8. The highest BCUT2D eigenvalue weighted by Crippen LogP contribution is 2.52. The van der Waals surface area contributed by atoms with Crippen molar-refractivity contribution in [1.82, 2.24) is 20.2 Å². The van der Waals surface area contributed by atoms with Crippen LogP contribution in [0.3, 0.4) is 0 Å². The van der Waals surface area contributed by atoms with Gasteiger partial charge in [-0.25, -0.2) is 17.9 Å². The number of methoxy groups -OCH3 is 1. The lowest BCUT2D eigenvalue weighted by molar-refractivity contribution is -0.212. The number of aliphatic hydroxyl groups is 2. The van der Waals surface area contributed by atoms with Gasteiger partial charge in [0.25, 0.3) is 6.47 Å². The van der Waals surface area contributed by atoms with Crippen LogP contribution in [0.15, 0.2) is 28.9 Å². The number of benzene rings is 1. The smallest absolute Gasteiger partial charge is 0.290 e. The number of nitrogens with two attached hydrogens (primary N) is 1. The number of ether oxygens (including phenoxy) is 2. The number of carboxylic acid groups (broad SMARTS) is 1. The maximum Gasteiger partial charge on any atom is 0.290 e. The Balaban J connectivity index is 0.00000118. The van der Waals surface area contributed by atoms with Crippen molar-refractivity contribution in [2.75, 3.05) is 13.7 Å². The summed E-state index contributed by atoms with van der Waals surface area (Å²) in [6, 6.07) is 2.70. The van der Waals surface area contributed by atoms with Gasteiger partial charge < -0.3 is 35.1 Å². The quantitative estimate of drug-likeness (QED) is 0.228. The molecule has 0 unspecified atom stereocenters. The van der Waals surface area contributed by atoms with Gasteiger partial charge in [-0.3, -0.25) is 4.79 Å². The Kier molecular flexibility index (Phi) is 8.90. The molecule has 43 heavy (non-hydrogen) atoms. The van der Waals surface area contributed by atoms with E-state index in [0.29, 0.717) is 5.69 Å². The van der Waals surface area contributed by atoms with Gasteiger partial charge in [0.05, 0.1) is 24.6 Å². The van der Waals surface area contributed by atoms with Gasteiger partial charge in [0, 0.05) is 36.1 Å². The van der Waals surface area contributed by atoms with Crippen LogP contribution in [0, 0.1) is 17.5 Å². The molecular weight excluding hydrogens is 575 g/mol. The molecule has 3 aromatic rings. The average Bonchev–Trinajstić information content (AvgIpc) is 3.68. The van der Waals surface area contributed by atoms with Crippen LogP contribution in [0.1, 0.15) is 56.0 Å². The highest BCUT2D eigenvalue weighted by Gasteiger charge is 2.50. The third-order valence-corrected chi connectivity index (χ3v) is 9.13. The lowest BCUT2D eigenvalue weighted by Crippen LogP contribution is -2.57. The predicted octanol–water partition coefficient (Wildman–Crippen LogP) is 2.27. The van der Waals surface area contributed by atoms with Gasteiger partial charge in [-0.2, -0.15) is 0 Å². The molecule has 4 aliphatic rings. The minimum Gasteiger partial charge on any atom is -0.483 e. The number of fused-ring (bicyclic) bond motifs is 3. The molecule has 0 radical (unpaired) electrons. The molecule has 3 heterocycles. The largest absolute Gasteiger partial charge is 0.483 e. The van der Waals surface area contributed by atoms with Crippen molar-refractivity contribution in [3.05, 3.63) is 53.3 Å². The number of rotatable bonds is 7. The van der Waals surface area contributed by atoms with Gasteiger partial charge in [-0.05, 0) is 50.7 Å². The summed E-state index contributed by atoms with van der Waals surface area (Å²) >= 11 is 0. The second-order valence-electron chi connectivity index (χ2n) is 11.5. The number of hydrogen-bond acceptors (Lipinski definition) is 10. The highest BCUT2D eigenvalue weighted by molar-refractivity contribution is 5.58. The number of aromatic nitrogens is 4. The SMILES string of the molecule is CO[C@@H]1[C@@H](n2cc(-c3cc(F)c(F)c(F)c3)nn2)[C@@H](O)[C@@H](CO)O[C@@H]1Cc1cc(C23CCC(N)(CC2)CC3)on1.O=CO. The molecule has 1 aliphatic heterocycles. The first-order chi connectivity index (χ1) is 20.6. The van der Waals surface area contributed by atoms with Crippen LogP contribution >= 0.6 is 0 Å². The van der Waals surface area contributed by atoms with Crippen molar-refractivity contribution in [2.45, 2.75) is 86.4 Å². The Morgan fingerprint density at radius 1 is 1.12 bits per heavy atom. The molecule has 0 amide bonds. The van der Waals surface area contributed by atoms with E-state index in [4.69, 9.17) is 29.6 Å². The number of carbonyl (C=O) groups is 1. The van der Waals surface area contributed by atoms with Gasteiger partial charge >= 0.3 is 0 Å². The van der Waals surface area contributed by atoms with Crippen molar-refractivity contribution in [3.8, 4) is 11.3 Å². The molecule has 15 heteroatoms. The van der Waals surface area contributed by atoms with Crippen LogP contribution in [0.5, 0.6) is 0 Å². The van der Waals surface area contributed by atoms with E-state index >= 15 is 0 Å². The Hall–Kier alpha value is -3.37. The number of hydrogen-bond donors (Lipinski definition) is 4. The molecule has 1 aromatic carbocycles. The maximum absolute atomic E-state index is 13.8. The van der Waals surface area contributed by atoms with Crippen molar-refractivity contribution < 1.29 is 47.3 Å². The van der Waals surface area contributed by atoms with Gasteiger partial charge in [0.15, 0.2) is 17.5 Å². The molecule has 2 bridgehead atoms. The molecule has 5 N–H and O–H groups in total. The average molecular weight is 610 g/mol. The molecular formula is C28H34F3N5O7. The maximum atomic E-state index is 13.8. The van der Waals surface area contributed by atoms with E-state index in [1.807, 2.05) is 6.07 Å². The van der Waals surface area contributed by atoms with E-state index in [1.165, 1.54) is 18.0 Å². The fourth-order valence-corrected chi connectivity index (χ4v) is 6.64. The van der Waals surface area contributed by atoms with Crippen LogP contribution < -0.4 is 5.73 Å². The molecule has 3 saturated carbocycles. The van der Waals surface area contributed by atoms with Gasteiger partial charge in [-0.1, -0.05) is 10.4 Å². The molecule has 3 aliphatic carbocycles. The zero-order valence-electron chi connectivity index (χ0n) is 23.4. The van der Waals surface area contributed by atoms with Crippen molar-refractivity contribution in [2.24, 2.45) is 5.73 Å². The third-order valence-electron chi connectivity index (χ3n) is 9.13. The Bertz CT molecular complexity index is 1390. The molecule has 1 saturated heterocycles.